The largest absolute Gasteiger partial charge is 0.476 e. The lowest BCUT2D eigenvalue weighted by atomic mass is 10.3. The van der Waals surface area contributed by atoms with E-state index >= 15 is 0 Å². The molecule has 0 atom stereocenters. The Labute approximate surface area is 110 Å². The van der Waals surface area contributed by atoms with Gasteiger partial charge in [0.1, 0.15) is 4.88 Å². The highest BCUT2D eigenvalue weighted by molar-refractivity contribution is 7.17. The van der Waals surface area contributed by atoms with Crippen LogP contribution in [0.5, 0.6) is 0 Å². The number of rotatable bonds is 7. The number of ketones is 1. The zero-order valence-electron chi connectivity index (χ0n) is 10.7. The van der Waals surface area contributed by atoms with Crippen LogP contribution in [0.4, 0.5) is 5.13 Å². The molecule has 0 aromatic carbocycles. The Balaban J connectivity index is 2.65. The van der Waals surface area contributed by atoms with Crippen LogP contribution in [-0.2, 0) is 0 Å². The first-order valence-electron chi connectivity index (χ1n) is 5.55. The van der Waals surface area contributed by atoms with Crippen molar-refractivity contribution in [2.45, 2.75) is 13.3 Å². The molecule has 100 valence electrons. The summed E-state index contributed by atoms with van der Waals surface area (Å²) in [5.74, 6) is -1.44. The van der Waals surface area contributed by atoms with Crippen molar-refractivity contribution in [3.05, 3.63) is 10.6 Å². The third-order valence-electron chi connectivity index (χ3n) is 2.21. The van der Waals surface area contributed by atoms with Crippen LogP contribution in [0.3, 0.4) is 0 Å². The number of aromatic nitrogens is 1. The summed E-state index contributed by atoms with van der Waals surface area (Å²) in [5, 5.41) is 12.4. The van der Waals surface area contributed by atoms with E-state index in [1.807, 2.05) is 14.1 Å². The molecule has 18 heavy (non-hydrogen) atoms. The highest BCUT2D eigenvalue weighted by atomic mass is 32.1. The normalized spacial score (nSPS) is 10.7. The SMILES string of the molecule is CC(=O)c1sc(NCCCN(C)C)nc1C(=O)O. The fourth-order valence-corrected chi connectivity index (χ4v) is 2.25. The van der Waals surface area contributed by atoms with Gasteiger partial charge in [0, 0.05) is 13.5 Å². The third-order valence-corrected chi connectivity index (χ3v) is 3.32. The molecule has 0 amide bonds. The first kappa shape index (κ1) is 14.6. The number of thiazole rings is 1. The van der Waals surface area contributed by atoms with E-state index in [-0.39, 0.29) is 16.4 Å². The van der Waals surface area contributed by atoms with Crippen LogP contribution in [-0.4, -0.2) is 53.9 Å². The molecule has 0 aliphatic carbocycles. The minimum absolute atomic E-state index is 0.164. The van der Waals surface area contributed by atoms with Gasteiger partial charge in [-0.3, -0.25) is 4.79 Å². The van der Waals surface area contributed by atoms with Crippen molar-refractivity contribution in [1.82, 2.24) is 9.88 Å². The summed E-state index contributed by atoms with van der Waals surface area (Å²) in [7, 11) is 3.97. The van der Waals surface area contributed by atoms with Gasteiger partial charge in [0.15, 0.2) is 16.6 Å². The number of aromatic carboxylic acids is 1. The number of hydrogen-bond donors (Lipinski definition) is 2. The number of hydrogen-bond acceptors (Lipinski definition) is 6. The van der Waals surface area contributed by atoms with E-state index in [0.29, 0.717) is 11.7 Å². The van der Waals surface area contributed by atoms with Gasteiger partial charge in [-0.2, -0.15) is 0 Å². The quantitative estimate of drug-likeness (QED) is 0.576. The molecule has 1 rings (SSSR count). The summed E-state index contributed by atoms with van der Waals surface area (Å²) in [6.07, 6.45) is 0.921. The maximum atomic E-state index is 11.3. The molecule has 1 aromatic heterocycles. The molecule has 0 saturated carbocycles. The predicted octanol–water partition coefficient (Wildman–Crippen LogP) is 1.41. The smallest absolute Gasteiger partial charge is 0.356 e. The first-order valence-corrected chi connectivity index (χ1v) is 6.37. The van der Waals surface area contributed by atoms with Crippen LogP contribution in [0.2, 0.25) is 0 Å². The van der Waals surface area contributed by atoms with E-state index < -0.39 is 5.97 Å². The monoisotopic (exact) mass is 271 g/mol. The second-order valence-electron chi connectivity index (χ2n) is 4.14. The molecule has 0 spiro atoms. The van der Waals surface area contributed by atoms with Gasteiger partial charge in [0.05, 0.1) is 0 Å². The highest BCUT2D eigenvalue weighted by Crippen LogP contribution is 2.23. The van der Waals surface area contributed by atoms with Gasteiger partial charge in [-0.25, -0.2) is 9.78 Å². The number of carbonyl (C=O) groups excluding carboxylic acids is 1. The van der Waals surface area contributed by atoms with Gasteiger partial charge in [-0.05, 0) is 27.1 Å². The van der Waals surface area contributed by atoms with Crippen LogP contribution in [0.15, 0.2) is 0 Å². The average Bonchev–Trinajstić information content (AvgIpc) is 2.68. The fraction of sp³-hybridized carbons (Fsp3) is 0.545. The first-order chi connectivity index (χ1) is 8.41. The zero-order valence-corrected chi connectivity index (χ0v) is 11.5. The molecule has 0 bridgehead atoms. The molecule has 1 heterocycles. The summed E-state index contributed by atoms with van der Waals surface area (Å²) >= 11 is 1.09. The van der Waals surface area contributed by atoms with Crippen molar-refractivity contribution in [1.29, 1.82) is 0 Å². The Hall–Kier alpha value is -1.47. The molecule has 7 heteroatoms. The van der Waals surface area contributed by atoms with Gasteiger partial charge in [0.2, 0.25) is 0 Å². The van der Waals surface area contributed by atoms with Crippen molar-refractivity contribution in [3.8, 4) is 0 Å². The maximum absolute atomic E-state index is 11.3. The molecule has 0 unspecified atom stereocenters. The number of nitrogens with zero attached hydrogens (tertiary/aromatic N) is 2. The molecule has 0 aliphatic rings. The molecule has 0 aliphatic heterocycles. The van der Waals surface area contributed by atoms with E-state index in [1.54, 1.807) is 0 Å². The number of carboxylic acid groups (broad SMARTS) is 1. The van der Waals surface area contributed by atoms with Crippen molar-refractivity contribution >= 4 is 28.2 Å². The lowest BCUT2D eigenvalue weighted by Crippen LogP contribution is -2.16. The van der Waals surface area contributed by atoms with Crippen LogP contribution in [0.25, 0.3) is 0 Å². The zero-order chi connectivity index (χ0) is 13.7. The van der Waals surface area contributed by atoms with Crippen LogP contribution in [0, 0.1) is 0 Å². The third kappa shape index (κ3) is 4.08. The Kier molecular flexibility index (Phi) is 5.24. The van der Waals surface area contributed by atoms with E-state index in [0.717, 1.165) is 24.3 Å². The van der Waals surface area contributed by atoms with Gasteiger partial charge in [0.25, 0.3) is 0 Å². The van der Waals surface area contributed by atoms with E-state index in [1.165, 1.54) is 6.92 Å². The summed E-state index contributed by atoms with van der Waals surface area (Å²) in [6.45, 7) is 2.97. The molecule has 1 aromatic rings. The van der Waals surface area contributed by atoms with Gasteiger partial charge in [-0.15, -0.1) is 0 Å². The fourth-order valence-electron chi connectivity index (χ4n) is 1.37. The average molecular weight is 271 g/mol. The Morgan fingerprint density at radius 2 is 2.11 bits per heavy atom. The van der Waals surface area contributed by atoms with Crippen molar-refractivity contribution < 1.29 is 14.7 Å². The number of Topliss-reactive ketones (excluding diaryl/α,β-unsaturated/α-hetero) is 1. The molecule has 6 nitrogen and oxygen atoms in total. The highest BCUT2D eigenvalue weighted by Gasteiger charge is 2.20. The molecule has 0 fully saturated rings. The minimum atomic E-state index is -1.17. The molecular weight excluding hydrogens is 254 g/mol. The minimum Gasteiger partial charge on any atom is -0.476 e. The van der Waals surface area contributed by atoms with Crippen LogP contribution >= 0.6 is 11.3 Å². The Bertz CT molecular complexity index is 411. The van der Waals surface area contributed by atoms with E-state index in [9.17, 15) is 9.59 Å². The number of carboxylic acids is 1. The van der Waals surface area contributed by atoms with Crippen molar-refractivity contribution in [2.24, 2.45) is 0 Å². The van der Waals surface area contributed by atoms with Gasteiger partial charge < -0.3 is 15.3 Å². The van der Waals surface area contributed by atoms with Gasteiger partial charge in [-0.1, -0.05) is 11.3 Å². The summed E-state index contributed by atoms with van der Waals surface area (Å²) in [6, 6.07) is 0. The standard InChI is InChI=1S/C11H17N3O3S/c1-7(15)9-8(10(16)17)13-11(18-9)12-5-4-6-14(2)3/h4-6H2,1-3H3,(H,12,13)(H,16,17). The van der Waals surface area contributed by atoms with Crippen molar-refractivity contribution in [2.75, 3.05) is 32.5 Å². The lowest BCUT2D eigenvalue weighted by Gasteiger charge is -2.08. The van der Waals surface area contributed by atoms with E-state index in [2.05, 4.69) is 15.2 Å². The van der Waals surface area contributed by atoms with Gasteiger partial charge >= 0.3 is 5.97 Å². The topological polar surface area (TPSA) is 82.5 Å². The maximum Gasteiger partial charge on any atom is 0.356 e. The molecular formula is C11H17N3O3S. The molecule has 0 radical (unpaired) electrons. The second-order valence-corrected chi connectivity index (χ2v) is 5.14. The predicted molar refractivity (Wildman–Crippen MR) is 70.7 cm³/mol. The van der Waals surface area contributed by atoms with Crippen LogP contribution in [0.1, 0.15) is 33.5 Å². The molecule has 0 saturated heterocycles. The number of nitrogens with one attached hydrogen (secondary N) is 1. The van der Waals surface area contributed by atoms with E-state index in [4.69, 9.17) is 5.11 Å². The lowest BCUT2D eigenvalue weighted by molar-refractivity contribution is 0.0687. The second kappa shape index (κ2) is 6.46. The summed E-state index contributed by atoms with van der Waals surface area (Å²) in [5.41, 5.74) is -0.164. The van der Waals surface area contributed by atoms with Crippen molar-refractivity contribution in [3.63, 3.8) is 0 Å². The van der Waals surface area contributed by atoms with Crippen LogP contribution < -0.4 is 5.32 Å². The summed E-state index contributed by atoms with van der Waals surface area (Å²) in [4.78, 5) is 28.4. The Morgan fingerprint density at radius 3 is 2.56 bits per heavy atom. The summed E-state index contributed by atoms with van der Waals surface area (Å²) < 4.78 is 0. The number of carbonyl (C=O) groups is 2. The molecule has 2 N–H and O–H groups in total. The Morgan fingerprint density at radius 1 is 1.44 bits per heavy atom. The number of anilines is 1.